The number of rotatable bonds is 3. The first kappa shape index (κ1) is 20.9. The van der Waals surface area contributed by atoms with E-state index in [2.05, 4.69) is 15.6 Å². The van der Waals surface area contributed by atoms with Gasteiger partial charge in [0.1, 0.15) is 11.3 Å². The molecule has 0 unspecified atom stereocenters. The van der Waals surface area contributed by atoms with E-state index in [0.29, 0.717) is 37.5 Å². The molecule has 0 atom stereocenters. The number of carbonyl (C=O) groups is 1. The van der Waals surface area contributed by atoms with Gasteiger partial charge >= 0.3 is 12.2 Å². The number of alkyl halides is 3. The van der Waals surface area contributed by atoms with Gasteiger partial charge in [0.25, 0.3) is 0 Å². The van der Waals surface area contributed by atoms with Crippen molar-refractivity contribution < 1.29 is 27.1 Å². The first-order valence-electron chi connectivity index (χ1n) is 9.48. The van der Waals surface area contributed by atoms with Gasteiger partial charge in [-0.1, -0.05) is 6.07 Å². The maximum Gasteiger partial charge on any atom is 0.416 e. The summed E-state index contributed by atoms with van der Waals surface area (Å²) in [5.41, 5.74) is -0.613. The largest absolute Gasteiger partial charge is 0.416 e. The van der Waals surface area contributed by atoms with Crippen LogP contribution in [0, 0.1) is 5.82 Å². The van der Waals surface area contributed by atoms with Crippen LogP contribution in [-0.4, -0.2) is 37.3 Å². The Morgan fingerprint density at radius 2 is 1.74 bits per heavy atom. The molecule has 10 heteroatoms. The van der Waals surface area contributed by atoms with Gasteiger partial charge in [-0.3, -0.25) is 0 Å². The fourth-order valence-corrected chi connectivity index (χ4v) is 3.29. The molecular weight excluding hydrogens is 416 g/mol. The second-order valence-electron chi connectivity index (χ2n) is 6.96. The Bertz CT molecular complexity index is 1110. The van der Waals surface area contributed by atoms with Crippen molar-refractivity contribution in [2.45, 2.75) is 6.18 Å². The fourth-order valence-electron chi connectivity index (χ4n) is 3.29. The number of ether oxygens (including phenoxy) is 1. The first-order chi connectivity index (χ1) is 14.8. The average Bonchev–Trinajstić information content (AvgIpc) is 2.74. The molecule has 2 aromatic carbocycles. The summed E-state index contributed by atoms with van der Waals surface area (Å²) in [6.45, 7) is 2.48. The molecule has 162 valence electrons. The number of anilines is 3. The Labute approximate surface area is 174 Å². The summed E-state index contributed by atoms with van der Waals surface area (Å²) in [6, 6.07) is 9.56. The van der Waals surface area contributed by atoms with Gasteiger partial charge in [-0.25, -0.2) is 14.2 Å². The third kappa shape index (κ3) is 4.85. The summed E-state index contributed by atoms with van der Waals surface area (Å²) in [5, 5.41) is 5.23. The summed E-state index contributed by atoms with van der Waals surface area (Å²) in [5.74, 6) is 0.0136. The highest BCUT2D eigenvalue weighted by atomic mass is 19.4. The number of nitrogens with zero attached hydrogens (tertiary/aromatic N) is 2. The zero-order valence-electron chi connectivity index (χ0n) is 16.2. The van der Waals surface area contributed by atoms with Crippen molar-refractivity contribution in [3.8, 4) is 0 Å². The molecule has 2 amide bonds. The molecular formula is C21H18F4N4O2. The number of hydrogen-bond donors (Lipinski definition) is 2. The molecule has 1 aliphatic heterocycles. The van der Waals surface area contributed by atoms with E-state index in [1.807, 2.05) is 4.90 Å². The van der Waals surface area contributed by atoms with Crippen LogP contribution in [0.1, 0.15) is 5.56 Å². The second-order valence-corrected chi connectivity index (χ2v) is 6.96. The quantitative estimate of drug-likeness (QED) is 0.577. The van der Waals surface area contributed by atoms with Gasteiger partial charge in [0.2, 0.25) is 0 Å². The molecule has 0 saturated carbocycles. The summed E-state index contributed by atoms with van der Waals surface area (Å²) < 4.78 is 58.4. The monoisotopic (exact) mass is 434 g/mol. The SMILES string of the molecule is O=C(Nc1cccc(C(F)(F)F)c1)Nc1cc(F)c2nc(N3CCOCC3)ccc2c1. The lowest BCUT2D eigenvalue weighted by Gasteiger charge is -2.28. The highest BCUT2D eigenvalue weighted by molar-refractivity contribution is 6.01. The number of halogens is 4. The minimum Gasteiger partial charge on any atom is -0.378 e. The Morgan fingerprint density at radius 1 is 1.00 bits per heavy atom. The zero-order valence-corrected chi connectivity index (χ0v) is 16.2. The van der Waals surface area contributed by atoms with Crippen LogP contribution in [0.3, 0.4) is 0 Å². The highest BCUT2D eigenvalue weighted by Crippen LogP contribution is 2.31. The lowest BCUT2D eigenvalue weighted by Crippen LogP contribution is -2.36. The number of pyridine rings is 1. The third-order valence-corrected chi connectivity index (χ3v) is 4.77. The normalized spacial score (nSPS) is 14.5. The van der Waals surface area contributed by atoms with Gasteiger partial charge in [-0.2, -0.15) is 13.2 Å². The van der Waals surface area contributed by atoms with Crippen LogP contribution in [0.4, 0.5) is 39.5 Å². The Morgan fingerprint density at radius 3 is 2.48 bits per heavy atom. The minimum atomic E-state index is -4.53. The molecule has 0 bridgehead atoms. The summed E-state index contributed by atoms with van der Waals surface area (Å²) in [4.78, 5) is 18.6. The molecule has 0 spiro atoms. The third-order valence-electron chi connectivity index (χ3n) is 4.77. The van der Waals surface area contributed by atoms with Gasteiger partial charge in [-0.05, 0) is 42.5 Å². The van der Waals surface area contributed by atoms with Crippen molar-refractivity contribution in [3.63, 3.8) is 0 Å². The molecule has 0 radical (unpaired) electrons. The van der Waals surface area contributed by atoms with Gasteiger partial charge in [0.15, 0.2) is 5.82 Å². The van der Waals surface area contributed by atoms with Crippen LogP contribution >= 0.6 is 0 Å². The second kappa shape index (κ2) is 8.38. The van der Waals surface area contributed by atoms with Crippen molar-refractivity contribution in [1.29, 1.82) is 0 Å². The van der Waals surface area contributed by atoms with Crippen molar-refractivity contribution in [1.82, 2.24) is 4.98 Å². The summed E-state index contributed by atoms with van der Waals surface area (Å²) in [7, 11) is 0. The molecule has 1 fully saturated rings. The first-order valence-corrected chi connectivity index (χ1v) is 9.48. The maximum absolute atomic E-state index is 14.7. The van der Waals surface area contributed by atoms with E-state index in [1.165, 1.54) is 12.1 Å². The minimum absolute atomic E-state index is 0.0367. The van der Waals surface area contributed by atoms with Crippen LogP contribution in [0.2, 0.25) is 0 Å². The van der Waals surface area contributed by atoms with E-state index in [9.17, 15) is 22.4 Å². The number of nitrogens with one attached hydrogen (secondary N) is 2. The molecule has 0 aliphatic carbocycles. The smallest absolute Gasteiger partial charge is 0.378 e. The number of aromatic nitrogens is 1. The Hall–Kier alpha value is -3.40. The zero-order chi connectivity index (χ0) is 22.0. The van der Waals surface area contributed by atoms with Crippen molar-refractivity contribution in [2.75, 3.05) is 41.8 Å². The molecule has 1 aliphatic rings. The van der Waals surface area contributed by atoms with Gasteiger partial charge in [-0.15, -0.1) is 0 Å². The van der Waals surface area contributed by atoms with E-state index < -0.39 is 23.6 Å². The van der Waals surface area contributed by atoms with Crippen molar-refractivity contribution in [2.24, 2.45) is 0 Å². The molecule has 2 heterocycles. The van der Waals surface area contributed by atoms with Crippen LogP contribution in [0.15, 0.2) is 48.5 Å². The lowest BCUT2D eigenvalue weighted by atomic mass is 10.2. The standard InChI is InChI=1S/C21H18F4N4O2/c22-17-12-16(27-20(30)26-15-3-1-2-14(11-15)21(23,24)25)10-13-4-5-18(28-19(13)17)29-6-8-31-9-7-29/h1-5,10-12H,6-9H2,(H2,26,27,30). The summed E-state index contributed by atoms with van der Waals surface area (Å²) >= 11 is 0. The van der Waals surface area contributed by atoms with Crippen LogP contribution < -0.4 is 15.5 Å². The van der Waals surface area contributed by atoms with Gasteiger partial charge < -0.3 is 20.3 Å². The lowest BCUT2D eigenvalue weighted by molar-refractivity contribution is -0.137. The highest BCUT2D eigenvalue weighted by Gasteiger charge is 2.30. The number of morpholine rings is 1. The van der Waals surface area contributed by atoms with Crippen LogP contribution in [-0.2, 0) is 10.9 Å². The van der Waals surface area contributed by atoms with Crippen molar-refractivity contribution in [3.05, 3.63) is 59.9 Å². The van der Waals surface area contributed by atoms with Crippen LogP contribution in [0.5, 0.6) is 0 Å². The summed E-state index contributed by atoms with van der Waals surface area (Å²) in [6.07, 6.45) is -4.53. The van der Waals surface area contributed by atoms with Gasteiger partial charge in [0, 0.05) is 29.9 Å². The molecule has 3 aromatic rings. The molecule has 31 heavy (non-hydrogen) atoms. The van der Waals surface area contributed by atoms with Gasteiger partial charge in [0.05, 0.1) is 18.8 Å². The van der Waals surface area contributed by atoms with E-state index in [1.54, 1.807) is 18.2 Å². The molecule has 1 aromatic heterocycles. The predicted octanol–water partition coefficient (Wildman–Crippen LogP) is 4.87. The molecule has 2 N–H and O–H groups in total. The van der Waals surface area contributed by atoms with Crippen LogP contribution in [0.25, 0.3) is 10.9 Å². The number of benzene rings is 2. The van der Waals surface area contributed by atoms with E-state index >= 15 is 0 Å². The Kier molecular flexibility index (Phi) is 5.64. The van der Waals surface area contributed by atoms with E-state index in [-0.39, 0.29) is 16.9 Å². The topological polar surface area (TPSA) is 66.5 Å². The van der Waals surface area contributed by atoms with E-state index in [0.717, 1.165) is 18.2 Å². The number of hydrogen-bond acceptors (Lipinski definition) is 4. The number of urea groups is 1. The Balaban J connectivity index is 1.50. The number of fused-ring (bicyclic) bond motifs is 1. The average molecular weight is 434 g/mol. The molecule has 1 saturated heterocycles. The maximum atomic E-state index is 14.7. The predicted molar refractivity (Wildman–Crippen MR) is 109 cm³/mol. The van der Waals surface area contributed by atoms with Crippen molar-refractivity contribution >= 4 is 34.1 Å². The number of carbonyl (C=O) groups excluding carboxylic acids is 1. The van der Waals surface area contributed by atoms with E-state index in [4.69, 9.17) is 4.74 Å². The molecule has 4 rings (SSSR count). The molecule has 6 nitrogen and oxygen atoms in total. The fraction of sp³-hybridized carbons (Fsp3) is 0.238. The number of amides is 2.